The molecule has 16 heavy (non-hydrogen) atoms. The lowest BCUT2D eigenvalue weighted by Gasteiger charge is -2.01. The summed E-state index contributed by atoms with van der Waals surface area (Å²) in [5.41, 5.74) is 9.08. The summed E-state index contributed by atoms with van der Waals surface area (Å²) in [4.78, 5) is 4.67. The van der Waals surface area contributed by atoms with E-state index in [1.807, 2.05) is 0 Å². The largest absolute Gasteiger partial charge is 0.331 e. The van der Waals surface area contributed by atoms with Gasteiger partial charge in [-0.25, -0.2) is 4.98 Å². The van der Waals surface area contributed by atoms with Crippen molar-refractivity contribution in [1.82, 2.24) is 9.55 Å². The third-order valence-corrected chi connectivity index (χ3v) is 2.98. The summed E-state index contributed by atoms with van der Waals surface area (Å²) >= 11 is 0. The molecule has 0 fully saturated rings. The highest BCUT2D eigenvalue weighted by Crippen LogP contribution is 2.17. The SMILES string of the molecule is Cc1ccc2c(c1)nc(CCCCN)n2C. The van der Waals surface area contributed by atoms with E-state index in [9.17, 15) is 0 Å². The van der Waals surface area contributed by atoms with Crippen LogP contribution in [0.3, 0.4) is 0 Å². The summed E-state index contributed by atoms with van der Waals surface area (Å²) < 4.78 is 2.19. The molecular weight excluding hydrogens is 198 g/mol. The van der Waals surface area contributed by atoms with Crippen LogP contribution in [0.4, 0.5) is 0 Å². The lowest BCUT2D eigenvalue weighted by molar-refractivity contribution is 0.694. The number of hydrogen-bond donors (Lipinski definition) is 1. The van der Waals surface area contributed by atoms with Crippen molar-refractivity contribution in [3.8, 4) is 0 Å². The van der Waals surface area contributed by atoms with Gasteiger partial charge in [0.15, 0.2) is 0 Å². The highest BCUT2D eigenvalue weighted by atomic mass is 15.1. The van der Waals surface area contributed by atoms with Crippen molar-refractivity contribution in [3.63, 3.8) is 0 Å². The second-order valence-corrected chi connectivity index (χ2v) is 4.32. The van der Waals surface area contributed by atoms with Gasteiger partial charge in [-0.3, -0.25) is 0 Å². The zero-order valence-corrected chi connectivity index (χ0v) is 10.0. The van der Waals surface area contributed by atoms with Gasteiger partial charge in [0.25, 0.3) is 0 Å². The first-order valence-electron chi connectivity index (χ1n) is 5.84. The highest BCUT2D eigenvalue weighted by Gasteiger charge is 2.06. The number of aryl methyl sites for hydroxylation is 3. The molecule has 0 aliphatic heterocycles. The van der Waals surface area contributed by atoms with E-state index in [-0.39, 0.29) is 0 Å². The van der Waals surface area contributed by atoms with E-state index < -0.39 is 0 Å². The van der Waals surface area contributed by atoms with Gasteiger partial charge in [0.1, 0.15) is 5.82 Å². The Balaban J connectivity index is 2.29. The van der Waals surface area contributed by atoms with E-state index in [1.165, 1.54) is 11.1 Å². The maximum atomic E-state index is 5.50. The van der Waals surface area contributed by atoms with E-state index in [0.717, 1.165) is 37.1 Å². The van der Waals surface area contributed by atoms with Crippen molar-refractivity contribution < 1.29 is 0 Å². The minimum absolute atomic E-state index is 0.767. The molecule has 2 aromatic rings. The highest BCUT2D eigenvalue weighted by molar-refractivity contribution is 5.76. The van der Waals surface area contributed by atoms with E-state index in [4.69, 9.17) is 5.73 Å². The molecule has 1 heterocycles. The average molecular weight is 217 g/mol. The lowest BCUT2D eigenvalue weighted by Crippen LogP contribution is -2.02. The van der Waals surface area contributed by atoms with Gasteiger partial charge in [-0.2, -0.15) is 0 Å². The second kappa shape index (κ2) is 4.66. The first-order valence-corrected chi connectivity index (χ1v) is 5.84. The molecule has 0 radical (unpaired) electrons. The molecule has 0 aliphatic carbocycles. The third kappa shape index (κ3) is 2.09. The fourth-order valence-electron chi connectivity index (χ4n) is 2.01. The number of hydrogen-bond acceptors (Lipinski definition) is 2. The van der Waals surface area contributed by atoms with Crippen molar-refractivity contribution in [2.45, 2.75) is 26.2 Å². The molecular formula is C13H19N3. The predicted molar refractivity (Wildman–Crippen MR) is 67.4 cm³/mol. The molecule has 2 N–H and O–H groups in total. The Kier molecular flexibility index (Phi) is 3.25. The Morgan fingerprint density at radius 3 is 2.88 bits per heavy atom. The molecule has 1 aromatic carbocycles. The molecule has 0 spiro atoms. The predicted octanol–water partition coefficient (Wildman–Crippen LogP) is 2.16. The summed E-state index contributed by atoms with van der Waals surface area (Å²) in [6.45, 7) is 2.87. The van der Waals surface area contributed by atoms with Crippen LogP contribution in [-0.4, -0.2) is 16.1 Å². The zero-order valence-electron chi connectivity index (χ0n) is 10.0. The van der Waals surface area contributed by atoms with Crippen molar-refractivity contribution in [2.75, 3.05) is 6.54 Å². The molecule has 0 amide bonds. The van der Waals surface area contributed by atoms with Crippen LogP contribution in [0.25, 0.3) is 11.0 Å². The maximum Gasteiger partial charge on any atom is 0.109 e. The van der Waals surface area contributed by atoms with Crippen LogP contribution >= 0.6 is 0 Å². The van der Waals surface area contributed by atoms with Crippen LogP contribution in [0.2, 0.25) is 0 Å². The Morgan fingerprint density at radius 2 is 2.12 bits per heavy atom. The van der Waals surface area contributed by atoms with E-state index in [0.29, 0.717) is 0 Å². The van der Waals surface area contributed by atoms with E-state index >= 15 is 0 Å². The number of nitrogens with zero attached hydrogens (tertiary/aromatic N) is 2. The van der Waals surface area contributed by atoms with Crippen molar-refractivity contribution in [2.24, 2.45) is 12.8 Å². The molecule has 3 nitrogen and oxygen atoms in total. The molecule has 86 valence electrons. The summed E-state index contributed by atoms with van der Waals surface area (Å²) in [6, 6.07) is 6.42. The van der Waals surface area contributed by atoms with Gasteiger partial charge in [0, 0.05) is 13.5 Å². The Hall–Kier alpha value is -1.35. The number of unbranched alkanes of at least 4 members (excludes halogenated alkanes) is 1. The van der Waals surface area contributed by atoms with Crippen molar-refractivity contribution in [3.05, 3.63) is 29.6 Å². The standard InChI is InChI=1S/C13H19N3/c1-10-6-7-12-11(9-10)15-13(16(12)2)5-3-4-8-14/h6-7,9H,3-5,8,14H2,1-2H3. The molecule has 0 atom stereocenters. The Labute approximate surface area is 96.3 Å². The topological polar surface area (TPSA) is 43.8 Å². The zero-order chi connectivity index (χ0) is 11.5. The molecule has 0 unspecified atom stereocenters. The Morgan fingerprint density at radius 1 is 1.31 bits per heavy atom. The minimum atomic E-state index is 0.767. The summed E-state index contributed by atoms with van der Waals surface area (Å²) in [7, 11) is 2.09. The molecule has 0 bridgehead atoms. The van der Waals surface area contributed by atoms with E-state index in [2.05, 4.69) is 41.7 Å². The lowest BCUT2D eigenvalue weighted by atomic mass is 10.2. The van der Waals surface area contributed by atoms with Gasteiger partial charge < -0.3 is 10.3 Å². The minimum Gasteiger partial charge on any atom is -0.331 e. The van der Waals surface area contributed by atoms with E-state index in [1.54, 1.807) is 0 Å². The van der Waals surface area contributed by atoms with Gasteiger partial charge in [-0.1, -0.05) is 6.07 Å². The fourth-order valence-corrected chi connectivity index (χ4v) is 2.01. The van der Waals surface area contributed by atoms with Crippen LogP contribution in [0.1, 0.15) is 24.2 Å². The van der Waals surface area contributed by atoms with Gasteiger partial charge in [0.05, 0.1) is 11.0 Å². The number of nitrogens with two attached hydrogens (primary N) is 1. The van der Waals surface area contributed by atoms with Crippen LogP contribution in [0, 0.1) is 6.92 Å². The average Bonchev–Trinajstić information content (AvgIpc) is 2.56. The monoisotopic (exact) mass is 217 g/mol. The number of fused-ring (bicyclic) bond motifs is 1. The molecule has 1 aromatic heterocycles. The number of imidazole rings is 1. The molecule has 2 rings (SSSR count). The smallest absolute Gasteiger partial charge is 0.109 e. The third-order valence-electron chi connectivity index (χ3n) is 2.98. The fraction of sp³-hybridized carbons (Fsp3) is 0.462. The second-order valence-electron chi connectivity index (χ2n) is 4.32. The normalized spacial score (nSPS) is 11.2. The van der Waals surface area contributed by atoms with Crippen LogP contribution in [0.5, 0.6) is 0 Å². The van der Waals surface area contributed by atoms with Gasteiger partial charge in [-0.15, -0.1) is 0 Å². The summed E-state index contributed by atoms with van der Waals surface area (Å²) in [5.74, 6) is 1.16. The number of aromatic nitrogens is 2. The van der Waals surface area contributed by atoms with Crippen LogP contribution < -0.4 is 5.73 Å². The van der Waals surface area contributed by atoms with Crippen LogP contribution in [0.15, 0.2) is 18.2 Å². The van der Waals surface area contributed by atoms with Gasteiger partial charge in [0.2, 0.25) is 0 Å². The summed E-state index contributed by atoms with van der Waals surface area (Å²) in [5, 5.41) is 0. The number of benzene rings is 1. The quantitative estimate of drug-likeness (QED) is 0.798. The molecule has 0 saturated carbocycles. The first-order chi connectivity index (χ1) is 7.72. The van der Waals surface area contributed by atoms with Gasteiger partial charge >= 0.3 is 0 Å². The van der Waals surface area contributed by atoms with Crippen molar-refractivity contribution >= 4 is 11.0 Å². The molecule has 0 saturated heterocycles. The molecule has 0 aliphatic rings. The van der Waals surface area contributed by atoms with Gasteiger partial charge in [-0.05, 0) is 44.0 Å². The summed E-state index contributed by atoms with van der Waals surface area (Å²) in [6.07, 6.45) is 3.20. The van der Waals surface area contributed by atoms with Crippen molar-refractivity contribution in [1.29, 1.82) is 0 Å². The number of rotatable bonds is 4. The Bertz CT molecular complexity index is 485. The maximum absolute atomic E-state index is 5.50. The molecule has 3 heteroatoms. The van der Waals surface area contributed by atoms with Crippen LogP contribution in [-0.2, 0) is 13.5 Å². The first kappa shape index (κ1) is 11.1.